The van der Waals surface area contributed by atoms with Gasteiger partial charge < -0.3 is 15.3 Å². The van der Waals surface area contributed by atoms with Crippen LogP contribution < -0.4 is 5.32 Å². The van der Waals surface area contributed by atoms with Crippen molar-refractivity contribution in [2.75, 3.05) is 6.54 Å². The van der Waals surface area contributed by atoms with Crippen LogP contribution >= 0.6 is 0 Å². The largest absolute Gasteiger partial charge is 0.481 e. The van der Waals surface area contributed by atoms with Crippen molar-refractivity contribution in [3.8, 4) is 0 Å². The molecule has 25 heavy (non-hydrogen) atoms. The average Bonchev–Trinajstić information content (AvgIpc) is 2.94. The van der Waals surface area contributed by atoms with E-state index in [4.69, 9.17) is 0 Å². The number of carboxylic acid groups (broad SMARTS) is 1. The van der Waals surface area contributed by atoms with Gasteiger partial charge >= 0.3 is 5.97 Å². The third-order valence-electron chi connectivity index (χ3n) is 4.89. The number of amides is 2. The number of nitrogens with zero attached hydrogens (tertiary/aromatic N) is 1. The zero-order valence-electron chi connectivity index (χ0n) is 15.2. The molecule has 0 saturated carbocycles. The van der Waals surface area contributed by atoms with Crippen molar-refractivity contribution in [1.82, 2.24) is 10.2 Å². The average molecular weight is 346 g/mol. The monoisotopic (exact) mass is 346 g/mol. The van der Waals surface area contributed by atoms with Gasteiger partial charge in [0.1, 0.15) is 6.04 Å². The van der Waals surface area contributed by atoms with Crippen LogP contribution in [0.25, 0.3) is 0 Å². The molecule has 1 aliphatic heterocycles. The maximum absolute atomic E-state index is 12.9. The molecule has 1 heterocycles. The van der Waals surface area contributed by atoms with Gasteiger partial charge in [0.2, 0.25) is 5.91 Å². The normalized spacial score (nSPS) is 21.2. The van der Waals surface area contributed by atoms with Crippen LogP contribution in [-0.2, 0) is 9.59 Å². The number of rotatable bonds is 5. The Morgan fingerprint density at radius 3 is 2.28 bits per heavy atom. The molecular formula is C19H26N2O4. The Hall–Kier alpha value is -2.37. The zero-order chi connectivity index (χ0) is 18.7. The Labute approximate surface area is 148 Å². The fraction of sp³-hybridized carbons (Fsp3) is 0.526. The van der Waals surface area contributed by atoms with Crippen LogP contribution in [-0.4, -0.2) is 46.4 Å². The number of likely N-dealkylation sites (tertiary alicyclic amines) is 1. The number of carbonyl (C=O) groups is 3. The van der Waals surface area contributed by atoms with Crippen LogP contribution in [0, 0.1) is 18.8 Å². The van der Waals surface area contributed by atoms with Crippen LogP contribution in [0.15, 0.2) is 24.3 Å². The number of benzene rings is 1. The zero-order valence-corrected chi connectivity index (χ0v) is 15.2. The second-order valence-electron chi connectivity index (χ2n) is 7.07. The van der Waals surface area contributed by atoms with E-state index in [9.17, 15) is 19.5 Å². The Morgan fingerprint density at radius 2 is 1.80 bits per heavy atom. The van der Waals surface area contributed by atoms with Crippen LogP contribution in [0.5, 0.6) is 0 Å². The van der Waals surface area contributed by atoms with Gasteiger partial charge in [0.15, 0.2) is 0 Å². The minimum absolute atomic E-state index is 0.0991. The van der Waals surface area contributed by atoms with Gasteiger partial charge in [-0.25, -0.2) is 0 Å². The molecule has 1 fully saturated rings. The number of carbonyl (C=O) groups excluding carboxylic acids is 2. The highest BCUT2D eigenvalue weighted by molar-refractivity contribution is 5.97. The maximum Gasteiger partial charge on any atom is 0.308 e. The third kappa shape index (κ3) is 4.18. The molecule has 2 N–H and O–H groups in total. The van der Waals surface area contributed by atoms with Crippen molar-refractivity contribution in [2.45, 2.75) is 46.2 Å². The van der Waals surface area contributed by atoms with E-state index in [0.29, 0.717) is 18.5 Å². The van der Waals surface area contributed by atoms with Gasteiger partial charge in [-0.2, -0.15) is 0 Å². The van der Waals surface area contributed by atoms with E-state index in [2.05, 4.69) is 5.32 Å². The standard InChI is InChI=1S/C19H26N2O4/c1-11(2)16(20-17(22)14-7-5-12(3)6-8-14)18(23)21-10-9-15(13(21)4)19(24)25/h5-8,11,13,15-16H,9-10H2,1-4H3,(H,20,22)(H,24,25). The van der Waals surface area contributed by atoms with E-state index in [1.807, 2.05) is 32.9 Å². The molecule has 3 unspecified atom stereocenters. The predicted molar refractivity (Wildman–Crippen MR) is 94.2 cm³/mol. The summed E-state index contributed by atoms with van der Waals surface area (Å²) in [6.07, 6.45) is 0.443. The molecule has 6 nitrogen and oxygen atoms in total. The Morgan fingerprint density at radius 1 is 1.20 bits per heavy atom. The van der Waals surface area contributed by atoms with Crippen LogP contribution in [0.2, 0.25) is 0 Å². The highest BCUT2D eigenvalue weighted by Crippen LogP contribution is 2.26. The summed E-state index contributed by atoms with van der Waals surface area (Å²) in [7, 11) is 0. The van der Waals surface area contributed by atoms with Crippen molar-refractivity contribution < 1.29 is 19.5 Å². The summed E-state index contributed by atoms with van der Waals surface area (Å²) in [6.45, 7) is 7.83. The van der Waals surface area contributed by atoms with Crippen molar-refractivity contribution >= 4 is 17.8 Å². The highest BCUT2D eigenvalue weighted by atomic mass is 16.4. The summed E-state index contributed by atoms with van der Waals surface area (Å²) in [5, 5.41) is 12.1. The fourth-order valence-corrected chi connectivity index (χ4v) is 3.20. The highest BCUT2D eigenvalue weighted by Gasteiger charge is 2.41. The first-order chi connectivity index (χ1) is 11.7. The number of nitrogens with one attached hydrogen (secondary N) is 1. The second-order valence-corrected chi connectivity index (χ2v) is 7.07. The predicted octanol–water partition coefficient (Wildman–Crippen LogP) is 2.07. The molecule has 3 atom stereocenters. The van der Waals surface area contributed by atoms with Gasteiger partial charge in [-0.15, -0.1) is 0 Å². The lowest BCUT2D eigenvalue weighted by Gasteiger charge is -2.30. The molecule has 1 aliphatic rings. The summed E-state index contributed by atoms with van der Waals surface area (Å²) in [6, 6.07) is 6.10. The Bertz CT molecular complexity index is 654. The molecular weight excluding hydrogens is 320 g/mol. The number of aliphatic carboxylic acids is 1. The molecule has 1 aromatic carbocycles. The van der Waals surface area contributed by atoms with Crippen LogP contribution in [0.3, 0.4) is 0 Å². The Balaban J connectivity index is 2.12. The fourth-order valence-electron chi connectivity index (χ4n) is 3.20. The minimum Gasteiger partial charge on any atom is -0.481 e. The van der Waals surface area contributed by atoms with Crippen molar-refractivity contribution in [3.05, 3.63) is 35.4 Å². The molecule has 2 rings (SSSR count). The van der Waals surface area contributed by atoms with E-state index in [1.54, 1.807) is 24.0 Å². The van der Waals surface area contributed by atoms with Gasteiger partial charge in [0.05, 0.1) is 5.92 Å². The summed E-state index contributed by atoms with van der Waals surface area (Å²) in [4.78, 5) is 38.2. The second kappa shape index (κ2) is 7.68. The lowest BCUT2D eigenvalue weighted by molar-refractivity contribution is -0.143. The Kier molecular flexibility index (Phi) is 5.82. The van der Waals surface area contributed by atoms with Crippen molar-refractivity contribution in [2.24, 2.45) is 11.8 Å². The first kappa shape index (κ1) is 19.0. The number of carboxylic acids is 1. The lowest BCUT2D eigenvalue weighted by Crippen LogP contribution is -2.52. The van der Waals surface area contributed by atoms with E-state index in [-0.39, 0.29) is 23.8 Å². The van der Waals surface area contributed by atoms with E-state index in [0.717, 1.165) is 5.56 Å². The lowest BCUT2D eigenvalue weighted by atomic mass is 10.00. The van der Waals surface area contributed by atoms with E-state index < -0.39 is 17.9 Å². The molecule has 0 aromatic heterocycles. The van der Waals surface area contributed by atoms with E-state index in [1.165, 1.54) is 0 Å². The van der Waals surface area contributed by atoms with Gasteiger partial charge in [-0.3, -0.25) is 14.4 Å². The topological polar surface area (TPSA) is 86.7 Å². The third-order valence-corrected chi connectivity index (χ3v) is 4.89. The summed E-state index contributed by atoms with van der Waals surface area (Å²) < 4.78 is 0. The first-order valence-corrected chi connectivity index (χ1v) is 8.63. The molecule has 0 aliphatic carbocycles. The molecule has 136 valence electrons. The molecule has 0 spiro atoms. The molecule has 2 amide bonds. The molecule has 1 aromatic rings. The maximum atomic E-state index is 12.9. The quantitative estimate of drug-likeness (QED) is 0.854. The smallest absolute Gasteiger partial charge is 0.308 e. The molecule has 0 radical (unpaired) electrons. The summed E-state index contributed by atoms with van der Waals surface area (Å²) >= 11 is 0. The number of hydrogen-bond donors (Lipinski definition) is 2. The molecule has 1 saturated heterocycles. The van der Waals surface area contributed by atoms with Gasteiger partial charge in [-0.05, 0) is 38.3 Å². The summed E-state index contributed by atoms with van der Waals surface area (Å²) in [5.74, 6) is -2.05. The van der Waals surface area contributed by atoms with Crippen LogP contribution in [0.4, 0.5) is 0 Å². The van der Waals surface area contributed by atoms with Gasteiger partial charge in [-0.1, -0.05) is 31.5 Å². The molecule has 6 heteroatoms. The first-order valence-electron chi connectivity index (χ1n) is 8.63. The van der Waals surface area contributed by atoms with E-state index >= 15 is 0 Å². The van der Waals surface area contributed by atoms with Gasteiger partial charge in [0, 0.05) is 18.2 Å². The number of hydrogen-bond acceptors (Lipinski definition) is 3. The molecule has 0 bridgehead atoms. The minimum atomic E-state index is -0.882. The summed E-state index contributed by atoms with van der Waals surface area (Å²) in [5.41, 5.74) is 1.56. The van der Waals surface area contributed by atoms with Crippen molar-refractivity contribution in [3.63, 3.8) is 0 Å². The van der Waals surface area contributed by atoms with Crippen molar-refractivity contribution in [1.29, 1.82) is 0 Å². The number of aryl methyl sites for hydroxylation is 1. The van der Waals surface area contributed by atoms with Gasteiger partial charge in [0.25, 0.3) is 5.91 Å². The SMILES string of the molecule is Cc1ccc(C(=O)NC(C(=O)N2CCC(C(=O)O)C2C)C(C)C)cc1. The van der Waals surface area contributed by atoms with Crippen LogP contribution in [0.1, 0.15) is 43.1 Å².